The smallest absolute Gasteiger partial charge is 0.475 e. The van der Waals surface area contributed by atoms with E-state index in [2.05, 4.69) is 25.0 Å². The van der Waals surface area contributed by atoms with Crippen LogP contribution in [0.5, 0.6) is 11.5 Å². The van der Waals surface area contributed by atoms with Gasteiger partial charge in [-0.1, -0.05) is 36.4 Å². The molecule has 4 aliphatic rings. The highest BCUT2D eigenvalue weighted by molar-refractivity contribution is 7.92. The fourth-order valence-electron chi connectivity index (χ4n) is 9.60. The van der Waals surface area contributed by atoms with Crippen molar-refractivity contribution in [2.75, 3.05) is 82.1 Å². The number of β-amino-alcohol motifs (C(OH)–C–C–N with tert-alkyl or cyclic N) is 1. The number of ether oxygens (including phenoxy) is 3. The lowest BCUT2D eigenvalue weighted by molar-refractivity contribution is -0.275. The van der Waals surface area contributed by atoms with E-state index in [1.165, 1.54) is 59.5 Å². The highest BCUT2D eigenvalue weighted by Gasteiger charge is 2.41. The molecule has 0 aliphatic carbocycles. The summed E-state index contributed by atoms with van der Waals surface area (Å²) in [5.74, 6) is -8.11. The van der Waals surface area contributed by atoms with Gasteiger partial charge in [-0.2, -0.15) is 26.3 Å². The van der Waals surface area contributed by atoms with Gasteiger partial charge >= 0.3 is 31.0 Å². The van der Waals surface area contributed by atoms with Gasteiger partial charge in [-0.3, -0.25) is 29.0 Å². The van der Waals surface area contributed by atoms with Crippen LogP contribution in [0.4, 0.5) is 64.1 Å². The van der Waals surface area contributed by atoms with Crippen molar-refractivity contribution in [1.29, 1.82) is 0 Å². The largest absolute Gasteiger partial charge is 0.573 e. The summed E-state index contributed by atoms with van der Waals surface area (Å²) in [5, 5.41) is 21.9. The SMILES string of the molecule is CO[C@H]1CCN(CC(c2cccc(OC(F)(F)F)c2)N(C)C(=O)Cc2ccc3c(c2)NC(=O)CS3(=O)=O)C1.O=C(O)C(F)(F)F.O=C1CS(=O)(=O)c2ccc(CC(=O)N(CC(F)(F)F)C(CN3CC[C@H](O)C3)c3cccc(OC(F)(F)F)c3)cc2N1. The summed E-state index contributed by atoms with van der Waals surface area (Å²) in [6.07, 6.45) is -20.3. The number of amides is 4. The molecule has 4 aromatic carbocycles. The van der Waals surface area contributed by atoms with Crippen LogP contribution in [0.3, 0.4) is 0 Å². The van der Waals surface area contributed by atoms with E-state index in [9.17, 15) is 93.8 Å². The number of alkyl halides is 12. The number of halogens is 12. The van der Waals surface area contributed by atoms with Crippen molar-refractivity contribution >= 4 is 60.6 Å². The molecule has 4 atom stereocenters. The first-order valence-corrected chi connectivity index (χ1v) is 28.7. The van der Waals surface area contributed by atoms with Crippen molar-refractivity contribution in [3.05, 3.63) is 107 Å². The quantitative estimate of drug-likeness (QED) is 0.0878. The fraction of sp³-hybridized carbons (Fsp3) is 0.442. The minimum absolute atomic E-state index is 0.0114. The number of rotatable bonds is 16. The molecule has 34 heteroatoms. The highest BCUT2D eigenvalue weighted by Crippen LogP contribution is 2.36. The summed E-state index contributed by atoms with van der Waals surface area (Å²) in [6, 6.07) is 15.7. The number of nitrogens with one attached hydrogen (secondary N) is 2. The third kappa shape index (κ3) is 19.6. The van der Waals surface area contributed by atoms with Crippen molar-refractivity contribution < 1.29 is 118 Å². The second-order valence-corrected chi connectivity index (χ2v) is 23.9. The summed E-state index contributed by atoms with van der Waals surface area (Å²) in [4.78, 5) is 64.7. The monoisotopic (exact) mass is 1280 g/mol. The van der Waals surface area contributed by atoms with E-state index in [0.717, 1.165) is 30.7 Å². The van der Waals surface area contributed by atoms with Crippen molar-refractivity contribution in [2.24, 2.45) is 0 Å². The van der Waals surface area contributed by atoms with E-state index in [-0.39, 0.29) is 76.1 Å². The number of likely N-dealkylation sites (N-methyl/N-ethyl adjacent to an activating group) is 1. The van der Waals surface area contributed by atoms with Gasteiger partial charge in [0.1, 0.15) is 29.5 Å². The molecule has 8 rings (SSSR count). The summed E-state index contributed by atoms with van der Waals surface area (Å²) >= 11 is 0. The lowest BCUT2D eigenvalue weighted by Gasteiger charge is -2.35. The van der Waals surface area contributed by atoms with Gasteiger partial charge in [-0.05, 0) is 83.6 Å². The van der Waals surface area contributed by atoms with Gasteiger partial charge in [0.15, 0.2) is 19.7 Å². The number of fused-ring (bicyclic) bond motifs is 2. The average molecular weight is 1280 g/mol. The molecule has 0 spiro atoms. The van der Waals surface area contributed by atoms with Gasteiger partial charge in [0.05, 0.1) is 58.3 Å². The van der Waals surface area contributed by atoms with Gasteiger partial charge in [0.25, 0.3) is 0 Å². The molecule has 0 aromatic heterocycles. The van der Waals surface area contributed by atoms with Gasteiger partial charge < -0.3 is 44.9 Å². The predicted molar refractivity (Wildman–Crippen MR) is 277 cm³/mol. The van der Waals surface area contributed by atoms with Crippen molar-refractivity contribution in [1.82, 2.24) is 19.6 Å². The number of carbonyl (C=O) groups excluding carboxylic acids is 4. The number of aliphatic carboxylic acids is 1. The van der Waals surface area contributed by atoms with Gasteiger partial charge in [-0.25, -0.2) is 21.6 Å². The molecule has 2 unspecified atom stereocenters. The first-order chi connectivity index (χ1) is 39.8. The van der Waals surface area contributed by atoms with Crippen LogP contribution in [0.1, 0.15) is 47.2 Å². The Bertz CT molecular complexity index is 3370. The van der Waals surface area contributed by atoms with Crippen LogP contribution in [0.15, 0.2) is 94.7 Å². The molecule has 4 amide bonds. The van der Waals surface area contributed by atoms with E-state index >= 15 is 0 Å². The second-order valence-electron chi connectivity index (χ2n) is 20.0. The first kappa shape index (κ1) is 67.9. The maximum atomic E-state index is 13.8. The molecule has 472 valence electrons. The maximum absolute atomic E-state index is 13.8. The van der Waals surface area contributed by atoms with Crippen LogP contribution < -0.4 is 20.1 Å². The van der Waals surface area contributed by atoms with Crippen LogP contribution in [0.25, 0.3) is 0 Å². The molecule has 2 fully saturated rings. The van der Waals surface area contributed by atoms with E-state index in [1.54, 1.807) is 25.1 Å². The second kappa shape index (κ2) is 27.2. The lowest BCUT2D eigenvalue weighted by atomic mass is 10.0. The van der Waals surface area contributed by atoms with Crippen LogP contribution >= 0.6 is 0 Å². The van der Waals surface area contributed by atoms with Crippen LogP contribution in [-0.4, -0.2) is 185 Å². The minimum Gasteiger partial charge on any atom is -0.475 e. The number of carboxylic acid groups (broad SMARTS) is 1. The Labute approximate surface area is 482 Å². The van der Waals surface area contributed by atoms with Crippen LogP contribution in [0.2, 0.25) is 0 Å². The molecule has 0 saturated carbocycles. The van der Waals surface area contributed by atoms with Crippen LogP contribution in [-0.2, 0) is 61.2 Å². The third-order valence-electron chi connectivity index (χ3n) is 13.4. The molecular formula is C52H54F12N6O14S2. The fourth-order valence-corrected chi connectivity index (χ4v) is 12.2. The van der Waals surface area contributed by atoms with Gasteiger partial charge in [-0.15, -0.1) is 26.3 Å². The molecule has 20 nitrogen and oxygen atoms in total. The van der Waals surface area contributed by atoms with Crippen LogP contribution in [0, 0.1) is 0 Å². The minimum atomic E-state index is -5.08. The van der Waals surface area contributed by atoms with E-state index < -0.39 is 117 Å². The molecule has 0 bridgehead atoms. The molecule has 86 heavy (non-hydrogen) atoms. The van der Waals surface area contributed by atoms with Crippen molar-refractivity contribution in [2.45, 2.75) is 84.8 Å². The number of aliphatic hydroxyl groups excluding tert-OH is 1. The van der Waals surface area contributed by atoms with Gasteiger partial charge in [0, 0.05) is 53.4 Å². The Morgan fingerprint density at radius 1 is 0.651 bits per heavy atom. The zero-order chi connectivity index (χ0) is 63.9. The summed E-state index contributed by atoms with van der Waals surface area (Å²) in [7, 11) is -4.51. The normalized spacial score (nSPS) is 19.2. The first-order valence-electron chi connectivity index (χ1n) is 25.4. The number of carbonyl (C=O) groups is 5. The topological polar surface area (TPSA) is 259 Å². The van der Waals surface area contributed by atoms with E-state index in [4.69, 9.17) is 14.6 Å². The number of methoxy groups -OCH3 is 1. The number of carboxylic acids is 1. The van der Waals surface area contributed by atoms with Crippen molar-refractivity contribution in [3.8, 4) is 11.5 Å². The highest BCUT2D eigenvalue weighted by atomic mass is 32.2. The average Bonchev–Trinajstić information content (AvgIpc) is 1.30. The Hall–Kier alpha value is -7.27. The summed E-state index contributed by atoms with van der Waals surface area (Å²) in [5.41, 5.74) is 0.982. The molecule has 4 aliphatic heterocycles. The van der Waals surface area contributed by atoms with Gasteiger partial charge in [0.2, 0.25) is 23.6 Å². The Morgan fingerprint density at radius 2 is 1.09 bits per heavy atom. The van der Waals surface area contributed by atoms with E-state index in [1.807, 2.05) is 0 Å². The molecule has 0 radical (unpaired) electrons. The number of likely N-dealkylation sites (tertiary alicyclic amines) is 2. The number of sulfone groups is 2. The maximum Gasteiger partial charge on any atom is 0.573 e. The Balaban J connectivity index is 0.000000248. The molecule has 2 saturated heterocycles. The number of aliphatic hydroxyl groups is 1. The standard InChI is InChI=1S/C25H25F6N3O6S.C25H28F3N3O6S.C2HF3O2/c26-24(27,28)14-34(23(37)9-15-4-5-21-19(8-15)32-22(36)13-41(21,38)39)20(12-33-7-6-17(35)11-33)16-2-1-3-18(10-16)40-25(29,30)31;1-30(24(33)11-16-6-7-22-20(10-16)29-23(32)15-38(22,34)35)21(14-31-9-8-19(13-31)36-2)17-4-3-5-18(12-17)37-25(26,27)28;3-2(4,5)1(6)7/h1-5,8,10,17,20,35H,6-7,9,11-14H2,(H,32,36);3-7,10,12,19,21H,8-9,11,13-15H2,1-2H3,(H,29,32);(H,6,7)/t17-,20?;19-,21?;/m00./s1. The molecular weight excluding hydrogens is 1220 g/mol. The summed E-state index contributed by atoms with van der Waals surface area (Å²) < 4.78 is 213. The third-order valence-corrected chi connectivity index (χ3v) is 16.8. The molecule has 4 heterocycles. The number of hydrogen-bond donors (Lipinski definition) is 4. The predicted octanol–water partition coefficient (Wildman–Crippen LogP) is 6.46. The number of anilines is 2. The number of benzene rings is 4. The number of hydrogen-bond acceptors (Lipinski definition) is 15. The zero-order valence-corrected chi connectivity index (χ0v) is 46.7. The Morgan fingerprint density at radius 3 is 1.51 bits per heavy atom. The lowest BCUT2D eigenvalue weighted by Crippen LogP contribution is -2.46. The zero-order valence-electron chi connectivity index (χ0n) is 45.0. The molecule has 4 N–H and O–H groups in total. The van der Waals surface area contributed by atoms with E-state index in [0.29, 0.717) is 42.1 Å². The Kier molecular flexibility index (Phi) is 21.5. The number of nitrogens with zero attached hydrogens (tertiary/aromatic N) is 4. The molecule has 4 aromatic rings. The summed E-state index contributed by atoms with van der Waals surface area (Å²) in [6.45, 7) is 0.0729. The van der Waals surface area contributed by atoms with Crippen molar-refractivity contribution in [3.63, 3.8) is 0 Å².